The maximum atomic E-state index is 13.2. The summed E-state index contributed by atoms with van der Waals surface area (Å²) in [5.41, 5.74) is 1.17. The number of hydrogen-bond acceptors (Lipinski definition) is 4. The van der Waals surface area contributed by atoms with E-state index in [9.17, 15) is 18.8 Å². The molecule has 29 heavy (non-hydrogen) atoms. The number of piperidine rings is 1. The van der Waals surface area contributed by atoms with E-state index in [1.54, 1.807) is 36.4 Å². The number of amides is 1. The first-order valence-corrected chi connectivity index (χ1v) is 9.73. The Hall–Kier alpha value is -2.86. The molecule has 1 fully saturated rings. The van der Waals surface area contributed by atoms with E-state index in [1.165, 1.54) is 19.1 Å². The Morgan fingerprint density at radius 2 is 1.66 bits per heavy atom. The average Bonchev–Trinajstić information content (AvgIpc) is 2.73. The molecule has 0 radical (unpaired) electrons. The van der Waals surface area contributed by atoms with Crippen molar-refractivity contribution in [1.29, 1.82) is 0 Å². The highest BCUT2D eigenvalue weighted by atomic mass is 19.1. The molecule has 0 spiro atoms. The number of rotatable bonds is 6. The van der Waals surface area contributed by atoms with Crippen molar-refractivity contribution in [2.45, 2.75) is 32.2 Å². The van der Waals surface area contributed by atoms with Crippen molar-refractivity contribution in [3.05, 3.63) is 65.5 Å². The predicted octanol–water partition coefficient (Wildman–Crippen LogP) is 3.79. The Labute approximate surface area is 169 Å². The normalized spacial score (nSPS) is 17.3. The molecule has 1 N–H and O–H groups in total. The van der Waals surface area contributed by atoms with Gasteiger partial charge in [0.1, 0.15) is 12.1 Å². The van der Waals surface area contributed by atoms with Gasteiger partial charge in [-0.15, -0.1) is 0 Å². The molecule has 6 heteroatoms. The van der Waals surface area contributed by atoms with Gasteiger partial charge in [0.25, 0.3) is 0 Å². The summed E-state index contributed by atoms with van der Waals surface area (Å²) in [4.78, 5) is 37.9. The largest absolute Gasteiger partial charge is 0.326 e. The molecule has 2 aromatic rings. The summed E-state index contributed by atoms with van der Waals surface area (Å²) in [7, 11) is 0. The van der Waals surface area contributed by atoms with Crippen molar-refractivity contribution in [3.63, 3.8) is 0 Å². The smallest absolute Gasteiger partial charge is 0.221 e. The molecule has 1 unspecified atom stereocenters. The van der Waals surface area contributed by atoms with Crippen molar-refractivity contribution < 1.29 is 18.8 Å². The van der Waals surface area contributed by atoms with E-state index in [0.29, 0.717) is 37.2 Å². The minimum atomic E-state index is -0.846. The number of ketones is 1. The molecule has 0 saturated carbocycles. The van der Waals surface area contributed by atoms with Gasteiger partial charge in [0.05, 0.1) is 5.54 Å². The van der Waals surface area contributed by atoms with Gasteiger partial charge < -0.3 is 10.1 Å². The fourth-order valence-corrected chi connectivity index (χ4v) is 3.88. The van der Waals surface area contributed by atoms with Crippen LogP contribution in [0.5, 0.6) is 0 Å². The van der Waals surface area contributed by atoms with Crippen LogP contribution in [0.4, 0.5) is 10.1 Å². The fourth-order valence-electron chi connectivity index (χ4n) is 3.88. The minimum Gasteiger partial charge on any atom is -0.326 e. The number of hydrogen-bond donors (Lipinski definition) is 1. The van der Waals surface area contributed by atoms with Crippen LogP contribution in [0, 0.1) is 11.7 Å². The Balaban J connectivity index is 1.66. The highest BCUT2D eigenvalue weighted by molar-refractivity contribution is 5.98. The summed E-state index contributed by atoms with van der Waals surface area (Å²) in [6, 6.07) is 12.9. The molecular formula is C23H25FN2O3. The molecule has 1 atom stereocenters. The topological polar surface area (TPSA) is 66.5 Å². The molecule has 1 amide bonds. The second kappa shape index (κ2) is 8.66. The summed E-state index contributed by atoms with van der Waals surface area (Å²) in [5, 5.41) is 2.68. The number of halogens is 1. The van der Waals surface area contributed by atoms with Crippen LogP contribution < -0.4 is 5.32 Å². The third kappa shape index (κ3) is 4.59. The van der Waals surface area contributed by atoms with E-state index in [0.717, 1.165) is 11.8 Å². The van der Waals surface area contributed by atoms with Crippen molar-refractivity contribution in [3.8, 4) is 0 Å². The molecule has 5 nitrogen and oxygen atoms in total. The maximum Gasteiger partial charge on any atom is 0.221 e. The van der Waals surface area contributed by atoms with E-state index in [-0.39, 0.29) is 23.4 Å². The van der Waals surface area contributed by atoms with Crippen LogP contribution in [-0.2, 0) is 15.1 Å². The lowest BCUT2D eigenvalue weighted by Crippen LogP contribution is -2.49. The molecular weight excluding hydrogens is 371 g/mol. The number of carbonyl (C=O) groups excluding carboxylic acids is 3. The summed E-state index contributed by atoms with van der Waals surface area (Å²) in [6.07, 6.45) is 2.19. The van der Waals surface area contributed by atoms with Gasteiger partial charge in [0.15, 0.2) is 5.78 Å². The first kappa shape index (κ1) is 20.9. The minimum absolute atomic E-state index is 0.0774. The molecule has 3 rings (SSSR count). The first-order valence-electron chi connectivity index (χ1n) is 9.73. The summed E-state index contributed by atoms with van der Waals surface area (Å²) >= 11 is 0. The number of nitrogens with one attached hydrogen (secondary N) is 1. The van der Waals surface area contributed by atoms with Gasteiger partial charge in [-0.25, -0.2) is 4.39 Å². The standard InChI is InChI=1S/C23H25FN2O3/c1-16(28)25-21-9-3-17(4-10-21)22(29)18-11-13-26(14-12-18)23(2,15-27)19-5-7-20(24)8-6-19/h3-10,15,18H,11-14H2,1-2H3,(H,25,28). The van der Waals surface area contributed by atoms with Crippen LogP contribution in [0.3, 0.4) is 0 Å². The third-order valence-electron chi connectivity index (χ3n) is 5.67. The van der Waals surface area contributed by atoms with E-state index < -0.39 is 5.54 Å². The molecule has 2 aromatic carbocycles. The molecule has 152 valence electrons. The Kier molecular flexibility index (Phi) is 6.23. The van der Waals surface area contributed by atoms with Crippen LogP contribution in [0.1, 0.15) is 42.6 Å². The summed E-state index contributed by atoms with van der Waals surface area (Å²) < 4.78 is 13.2. The van der Waals surface area contributed by atoms with Gasteiger partial charge in [0, 0.05) is 37.2 Å². The van der Waals surface area contributed by atoms with Crippen LogP contribution in [0.2, 0.25) is 0 Å². The lowest BCUT2D eigenvalue weighted by molar-refractivity contribution is -0.119. The van der Waals surface area contributed by atoms with E-state index in [2.05, 4.69) is 10.2 Å². The number of Topliss-reactive ketones (excluding diaryl/α,β-unsaturated/α-hetero) is 1. The molecule has 0 aliphatic carbocycles. The SMILES string of the molecule is CC(=O)Nc1ccc(C(=O)C2CCN(C(C)(C=O)c3ccc(F)cc3)CC2)cc1. The molecule has 1 saturated heterocycles. The lowest BCUT2D eigenvalue weighted by Gasteiger charge is -2.41. The first-order chi connectivity index (χ1) is 13.8. The Morgan fingerprint density at radius 1 is 1.07 bits per heavy atom. The number of likely N-dealkylation sites (tertiary alicyclic amines) is 1. The van der Waals surface area contributed by atoms with Gasteiger partial charge in [-0.1, -0.05) is 12.1 Å². The quantitative estimate of drug-likeness (QED) is 0.596. The fraction of sp³-hybridized carbons (Fsp3) is 0.348. The molecule has 0 aromatic heterocycles. The molecule has 1 aliphatic rings. The number of nitrogens with zero attached hydrogens (tertiary/aromatic N) is 1. The van der Waals surface area contributed by atoms with Gasteiger partial charge in [-0.2, -0.15) is 0 Å². The number of anilines is 1. The zero-order valence-electron chi connectivity index (χ0n) is 16.7. The molecule has 1 heterocycles. The van der Waals surface area contributed by atoms with Gasteiger partial charge in [-0.05, 0) is 61.7 Å². The van der Waals surface area contributed by atoms with E-state index in [4.69, 9.17) is 0 Å². The number of carbonyl (C=O) groups is 3. The van der Waals surface area contributed by atoms with Crippen LogP contribution >= 0.6 is 0 Å². The monoisotopic (exact) mass is 396 g/mol. The van der Waals surface area contributed by atoms with E-state index in [1.807, 2.05) is 6.92 Å². The molecule has 0 bridgehead atoms. The van der Waals surface area contributed by atoms with Gasteiger partial charge in [0.2, 0.25) is 5.91 Å². The van der Waals surface area contributed by atoms with Crippen LogP contribution in [0.15, 0.2) is 48.5 Å². The lowest BCUT2D eigenvalue weighted by atomic mass is 9.84. The summed E-state index contributed by atoms with van der Waals surface area (Å²) in [6.45, 7) is 4.47. The van der Waals surface area contributed by atoms with E-state index >= 15 is 0 Å². The summed E-state index contributed by atoms with van der Waals surface area (Å²) in [5.74, 6) is -0.526. The van der Waals surface area contributed by atoms with Crippen molar-refractivity contribution in [2.75, 3.05) is 18.4 Å². The third-order valence-corrected chi connectivity index (χ3v) is 5.67. The zero-order valence-corrected chi connectivity index (χ0v) is 16.7. The molecule has 1 aliphatic heterocycles. The predicted molar refractivity (Wildman–Crippen MR) is 109 cm³/mol. The van der Waals surface area contributed by atoms with Crippen molar-refractivity contribution in [1.82, 2.24) is 4.90 Å². The van der Waals surface area contributed by atoms with Crippen LogP contribution in [0.25, 0.3) is 0 Å². The Morgan fingerprint density at radius 3 is 2.17 bits per heavy atom. The zero-order chi connectivity index (χ0) is 21.0. The van der Waals surface area contributed by atoms with Crippen LogP contribution in [-0.4, -0.2) is 36.0 Å². The second-order valence-corrected chi connectivity index (χ2v) is 7.66. The number of aldehydes is 1. The van der Waals surface area contributed by atoms with Gasteiger partial charge in [-0.3, -0.25) is 14.5 Å². The number of benzene rings is 2. The van der Waals surface area contributed by atoms with Crippen molar-refractivity contribution >= 4 is 23.7 Å². The second-order valence-electron chi connectivity index (χ2n) is 7.66. The Bertz CT molecular complexity index is 887. The average molecular weight is 396 g/mol. The highest BCUT2D eigenvalue weighted by Gasteiger charge is 2.37. The highest BCUT2D eigenvalue weighted by Crippen LogP contribution is 2.32. The van der Waals surface area contributed by atoms with Crippen molar-refractivity contribution in [2.24, 2.45) is 5.92 Å². The van der Waals surface area contributed by atoms with Gasteiger partial charge >= 0.3 is 0 Å². The maximum absolute atomic E-state index is 13.2.